The third kappa shape index (κ3) is 3.68. The maximum absolute atomic E-state index is 13.1. The number of carboxylic acid groups (broad SMARTS) is 1. The van der Waals surface area contributed by atoms with E-state index in [0.29, 0.717) is 5.75 Å². The quantitative estimate of drug-likeness (QED) is 0.718. The molecule has 0 radical (unpaired) electrons. The first-order valence-electron chi connectivity index (χ1n) is 7.43. The van der Waals surface area contributed by atoms with E-state index in [-0.39, 0.29) is 22.4 Å². The normalized spacial score (nSPS) is 11.4. The summed E-state index contributed by atoms with van der Waals surface area (Å²) in [4.78, 5) is 17.9. The number of alkyl halides is 3. The van der Waals surface area contributed by atoms with Crippen LogP contribution in [0.4, 0.5) is 24.7 Å². The van der Waals surface area contributed by atoms with Gasteiger partial charge >= 0.3 is 12.1 Å². The lowest BCUT2D eigenvalue weighted by Gasteiger charge is -2.15. The average Bonchev–Trinajstić information content (AvgIpc) is 2.60. The molecule has 27 heavy (non-hydrogen) atoms. The van der Waals surface area contributed by atoms with Crippen LogP contribution in [0.1, 0.15) is 16.2 Å². The molecule has 1 heterocycles. The average molecular weight is 378 g/mol. The summed E-state index contributed by atoms with van der Waals surface area (Å²) in [7, 11) is 1.37. The molecule has 0 aliphatic carbocycles. The van der Waals surface area contributed by atoms with Crippen LogP contribution >= 0.6 is 0 Å². The van der Waals surface area contributed by atoms with Crippen molar-refractivity contribution in [1.29, 1.82) is 0 Å². The Bertz CT molecular complexity index is 1040. The Kier molecular flexibility index (Phi) is 4.48. The molecule has 0 aliphatic rings. The number of fused-ring (bicyclic) bond motifs is 1. The smallest absolute Gasteiger partial charge is 0.451 e. The van der Waals surface area contributed by atoms with Crippen LogP contribution in [0.2, 0.25) is 0 Å². The summed E-state index contributed by atoms with van der Waals surface area (Å²) in [6.45, 7) is 0. The van der Waals surface area contributed by atoms with Gasteiger partial charge in [-0.3, -0.25) is 0 Å². The Labute approximate surface area is 150 Å². The highest BCUT2D eigenvalue weighted by Crippen LogP contribution is 2.33. The first-order valence-corrected chi connectivity index (χ1v) is 7.43. The highest BCUT2D eigenvalue weighted by Gasteiger charge is 2.35. The standard InChI is InChI=1S/C17H12F3N3O4/c1-27-9-3-5-10-12(7-9)22-16(17(18,19)20)23-14(10)21-8-2-4-11(15(25)26)13(24)6-8/h2-7,24H,1H3,(H,25,26)(H,21,22,23)/p-1. The van der Waals surface area contributed by atoms with Crippen LogP contribution in [0.25, 0.3) is 10.9 Å². The van der Waals surface area contributed by atoms with Gasteiger partial charge in [-0.15, -0.1) is 0 Å². The maximum atomic E-state index is 13.1. The number of aromatic nitrogens is 2. The zero-order valence-electron chi connectivity index (χ0n) is 13.7. The van der Waals surface area contributed by atoms with Gasteiger partial charge in [-0.2, -0.15) is 13.2 Å². The molecule has 0 saturated heterocycles. The molecule has 7 nitrogen and oxygen atoms in total. The highest BCUT2D eigenvalue weighted by molar-refractivity contribution is 5.93. The van der Waals surface area contributed by atoms with Crippen molar-refractivity contribution in [3.05, 3.63) is 47.8 Å². The molecular weight excluding hydrogens is 367 g/mol. The number of benzene rings is 2. The van der Waals surface area contributed by atoms with E-state index in [4.69, 9.17) is 9.84 Å². The summed E-state index contributed by atoms with van der Waals surface area (Å²) in [5.74, 6) is -3.42. The molecule has 0 aliphatic heterocycles. The van der Waals surface area contributed by atoms with Crippen molar-refractivity contribution in [2.45, 2.75) is 6.18 Å². The largest absolute Gasteiger partial charge is 0.872 e. The number of nitrogens with zero attached hydrogens (tertiary/aromatic N) is 2. The molecule has 3 aromatic rings. The molecule has 0 bridgehead atoms. The Morgan fingerprint density at radius 2 is 1.93 bits per heavy atom. The van der Waals surface area contributed by atoms with Gasteiger partial charge in [0.25, 0.3) is 0 Å². The fraction of sp³-hybridized carbons (Fsp3) is 0.118. The van der Waals surface area contributed by atoms with Gasteiger partial charge in [0.2, 0.25) is 5.82 Å². The van der Waals surface area contributed by atoms with Crippen LogP contribution in [-0.2, 0) is 6.18 Å². The molecular formula is C17H11F3N3O4-. The van der Waals surface area contributed by atoms with Gasteiger partial charge in [0.05, 0.1) is 18.2 Å². The minimum atomic E-state index is -4.79. The molecule has 1 aromatic heterocycles. The zero-order chi connectivity index (χ0) is 19.8. The summed E-state index contributed by atoms with van der Waals surface area (Å²) in [5.41, 5.74) is -0.369. The molecule has 0 amide bonds. The molecule has 0 unspecified atom stereocenters. The van der Waals surface area contributed by atoms with Crippen molar-refractivity contribution in [3.8, 4) is 11.5 Å². The lowest BCUT2D eigenvalue weighted by atomic mass is 10.1. The van der Waals surface area contributed by atoms with Crippen molar-refractivity contribution in [3.63, 3.8) is 0 Å². The van der Waals surface area contributed by atoms with Gasteiger partial charge in [-0.25, -0.2) is 14.8 Å². The van der Waals surface area contributed by atoms with Gasteiger partial charge in [0, 0.05) is 17.1 Å². The van der Waals surface area contributed by atoms with Crippen LogP contribution in [0, 0.1) is 0 Å². The van der Waals surface area contributed by atoms with Crippen molar-refractivity contribution in [1.82, 2.24) is 9.97 Å². The van der Waals surface area contributed by atoms with Crippen molar-refractivity contribution < 1.29 is 32.9 Å². The number of rotatable bonds is 4. The molecule has 0 fully saturated rings. The van der Waals surface area contributed by atoms with E-state index in [1.807, 2.05) is 0 Å². The second kappa shape index (κ2) is 6.63. The first kappa shape index (κ1) is 18.2. The second-order valence-corrected chi connectivity index (χ2v) is 5.42. The SMILES string of the molecule is COc1ccc2c(Nc3ccc(C(=O)O)c([O-])c3)nc(C(F)(F)F)nc2c1. The molecule has 3 rings (SSSR count). The zero-order valence-corrected chi connectivity index (χ0v) is 13.7. The van der Waals surface area contributed by atoms with Crippen LogP contribution in [0.3, 0.4) is 0 Å². The molecule has 2 aromatic carbocycles. The number of carboxylic acids is 1. The summed E-state index contributed by atoms with van der Waals surface area (Å²) in [6, 6.07) is 7.61. The van der Waals surface area contributed by atoms with E-state index < -0.39 is 29.3 Å². The summed E-state index contributed by atoms with van der Waals surface area (Å²) in [5, 5.41) is 23.6. The Hall–Kier alpha value is -3.56. The second-order valence-electron chi connectivity index (χ2n) is 5.42. The number of ether oxygens (including phenoxy) is 1. The Balaban J connectivity index is 2.12. The number of anilines is 2. The highest BCUT2D eigenvalue weighted by atomic mass is 19.4. The van der Waals surface area contributed by atoms with Crippen LogP contribution in [0.15, 0.2) is 36.4 Å². The van der Waals surface area contributed by atoms with Gasteiger partial charge in [0.1, 0.15) is 11.6 Å². The first-order chi connectivity index (χ1) is 12.7. The number of nitrogens with one attached hydrogen (secondary N) is 1. The van der Waals surface area contributed by atoms with Gasteiger partial charge in [-0.1, -0.05) is 5.75 Å². The van der Waals surface area contributed by atoms with Crippen LogP contribution in [-0.4, -0.2) is 28.2 Å². The van der Waals surface area contributed by atoms with Gasteiger partial charge in [-0.05, 0) is 30.3 Å². The van der Waals surface area contributed by atoms with E-state index >= 15 is 0 Å². The summed E-state index contributed by atoms with van der Waals surface area (Å²) >= 11 is 0. The van der Waals surface area contributed by atoms with E-state index in [1.165, 1.54) is 31.4 Å². The van der Waals surface area contributed by atoms with Crippen molar-refractivity contribution >= 4 is 28.4 Å². The minimum absolute atomic E-state index is 0.0105. The molecule has 0 spiro atoms. The fourth-order valence-corrected chi connectivity index (χ4v) is 2.37. The van der Waals surface area contributed by atoms with Crippen LogP contribution < -0.4 is 15.2 Å². The number of carbonyl (C=O) groups is 1. The van der Waals surface area contributed by atoms with Gasteiger partial charge in [0.15, 0.2) is 0 Å². The van der Waals surface area contributed by atoms with E-state index in [1.54, 1.807) is 0 Å². The number of aromatic carboxylic acids is 1. The molecule has 0 atom stereocenters. The maximum Gasteiger partial charge on any atom is 0.451 e. The van der Waals surface area contributed by atoms with E-state index in [0.717, 1.165) is 12.1 Å². The molecule has 140 valence electrons. The van der Waals surface area contributed by atoms with Gasteiger partial charge < -0.3 is 20.3 Å². The Morgan fingerprint density at radius 1 is 1.19 bits per heavy atom. The Morgan fingerprint density at radius 3 is 2.52 bits per heavy atom. The topological polar surface area (TPSA) is 107 Å². The molecule has 10 heteroatoms. The fourth-order valence-electron chi connectivity index (χ4n) is 2.37. The third-order valence-corrected chi connectivity index (χ3v) is 3.63. The number of hydrogen-bond donors (Lipinski definition) is 2. The predicted molar refractivity (Wildman–Crippen MR) is 87.2 cm³/mol. The molecule has 2 N–H and O–H groups in total. The summed E-state index contributed by atoms with van der Waals surface area (Å²) < 4.78 is 44.4. The third-order valence-electron chi connectivity index (χ3n) is 3.63. The van der Waals surface area contributed by atoms with Crippen LogP contribution in [0.5, 0.6) is 11.5 Å². The predicted octanol–water partition coefficient (Wildman–Crippen LogP) is 3.17. The minimum Gasteiger partial charge on any atom is -0.872 e. The molecule has 0 saturated carbocycles. The van der Waals surface area contributed by atoms with Crippen molar-refractivity contribution in [2.24, 2.45) is 0 Å². The number of halogens is 3. The lowest BCUT2D eigenvalue weighted by Crippen LogP contribution is -2.13. The number of hydrogen-bond acceptors (Lipinski definition) is 6. The summed E-state index contributed by atoms with van der Waals surface area (Å²) in [6.07, 6.45) is -4.79. The van der Waals surface area contributed by atoms with E-state index in [9.17, 15) is 23.1 Å². The van der Waals surface area contributed by atoms with E-state index in [2.05, 4.69) is 15.3 Å². The lowest BCUT2D eigenvalue weighted by molar-refractivity contribution is -0.268. The van der Waals surface area contributed by atoms with Crippen molar-refractivity contribution in [2.75, 3.05) is 12.4 Å². The monoisotopic (exact) mass is 378 g/mol. The number of methoxy groups -OCH3 is 1.